The van der Waals surface area contributed by atoms with Crippen LogP contribution >= 0.6 is 0 Å². The van der Waals surface area contributed by atoms with Crippen LogP contribution in [0, 0.1) is 5.82 Å². The number of carbonyl (C=O) groups is 1. The fraction of sp³-hybridized carbons (Fsp3) is 0.462. The van der Waals surface area contributed by atoms with Crippen LogP contribution < -0.4 is 5.32 Å². The quantitative estimate of drug-likeness (QED) is 0.843. The summed E-state index contributed by atoms with van der Waals surface area (Å²) >= 11 is 0. The third-order valence-corrected chi connectivity index (χ3v) is 3.34. The highest BCUT2D eigenvalue weighted by atomic mass is 19.1. The van der Waals surface area contributed by atoms with Crippen molar-refractivity contribution in [3.05, 3.63) is 35.6 Å². The van der Waals surface area contributed by atoms with E-state index < -0.39 is 12.0 Å². The minimum Gasteiger partial charge on any atom is -0.480 e. The summed E-state index contributed by atoms with van der Waals surface area (Å²) in [4.78, 5) is 10.7. The molecule has 0 aliphatic heterocycles. The molecule has 0 aromatic heterocycles. The van der Waals surface area contributed by atoms with E-state index in [9.17, 15) is 9.18 Å². The van der Waals surface area contributed by atoms with Crippen molar-refractivity contribution in [3.8, 4) is 0 Å². The summed E-state index contributed by atoms with van der Waals surface area (Å²) in [5.74, 6) is -0.619. The van der Waals surface area contributed by atoms with Crippen molar-refractivity contribution in [2.24, 2.45) is 0 Å². The highest BCUT2D eigenvalue weighted by Gasteiger charge is 2.31. The maximum atomic E-state index is 12.7. The van der Waals surface area contributed by atoms with E-state index in [1.54, 1.807) is 19.1 Å². The number of benzene rings is 1. The first-order valence-corrected chi connectivity index (χ1v) is 5.80. The van der Waals surface area contributed by atoms with Crippen LogP contribution in [0.15, 0.2) is 24.3 Å². The molecule has 0 spiro atoms. The normalized spacial score (nSPS) is 25.1. The fourth-order valence-corrected chi connectivity index (χ4v) is 2.19. The van der Waals surface area contributed by atoms with Gasteiger partial charge in [-0.05, 0) is 43.4 Å². The monoisotopic (exact) mass is 237 g/mol. The molecule has 4 heteroatoms. The number of carboxylic acid groups (broad SMARTS) is 1. The fourth-order valence-electron chi connectivity index (χ4n) is 2.19. The topological polar surface area (TPSA) is 49.3 Å². The van der Waals surface area contributed by atoms with Crippen molar-refractivity contribution in [2.45, 2.75) is 37.8 Å². The van der Waals surface area contributed by atoms with E-state index in [-0.39, 0.29) is 11.9 Å². The molecule has 2 N–H and O–H groups in total. The van der Waals surface area contributed by atoms with Crippen LogP contribution in [0.1, 0.15) is 31.2 Å². The van der Waals surface area contributed by atoms with Gasteiger partial charge in [-0.25, -0.2) is 4.39 Å². The van der Waals surface area contributed by atoms with Crippen LogP contribution in [0.5, 0.6) is 0 Å². The van der Waals surface area contributed by atoms with Gasteiger partial charge in [0.05, 0.1) is 0 Å². The first-order chi connectivity index (χ1) is 8.06. The van der Waals surface area contributed by atoms with Crippen LogP contribution in [0.2, 0.25) is 0 Å². The minimum atomic E-state index is -0.824. The Morgan fingerprint density at radius 2 is 2.00 bits per heavy atom. The van der Waals surface area contributed by atoms with Gasteiger partial charge in [0.25, 0.3) is 0 Å². The highest BCUT2D eigenvalue weighted by Crippen LogP contribution is 2.36. The maximum Gasteiger partial charge on any atom is 0.320 e. The average Bonchev–Trinajstić information content (AvgIpc) is 2.24. The number of carboxylic acids is 1. The first kappa shape index (κ1) is 12.0. The van der Waals surface area contributed by atoms with Gasteiger partial charge >= 0.3 is 5.97 Å². The maximum absolute atomic E-state index is 12.7. The third-order valence-electron chi connectivity index (χ3n) is 3.34. The lowest BCUT2D eigenvalue weighted by Crippen LogP contribution is -2.47. The molecule has 0 amide bonds. The molecule has 0 radical (unpaired) electrons. The van der Waals surface area contributed by atoms with Crippen LogP contribution in [0.4, 0.5) is 4.39 Å². The molecule has 0 saturated heterocycles. The summed E-state index contributed by atoms with van der Waals surface area (Å²) < 4.78 is 12.7. The van der Waals surface area contributed by atoms with Crippen molar-refractivity contribution >= 4 is 5.97 Å². The molecule has 0 heterocycles. The summed E-state index contributed by atoms with van der Waals surface area (Å²) in [5, 5.41) is 11.8. The molecule has 2 rings (SSSR count). The molecule has 17 heavy (non-hydrogen) atoms. The Hall–Kier alpha value is -1.42. The van der Waals surface area contributed by atoms with Crippen molar-refractivity contribution in [1.29, 1.82) is 0 Å². The molecule has 1 aliphatic rings. The smallest absolute Gasteiger partial charge is 0.320 e. The number of aliphatic carboxylic acids is 1. The number of hydrogen-bond acceptors (Lipinski definition) is 2. The number of rotatable bonds is 4. The number of hydrogen-bond donors (Lipinski definition) is 2. The first-order valence-electron chi connectivity index (χ1n) is 5.80. The highest BCUT2D eigenvalue weighted by molar-refractivity contribution is 5.72. The van der Waals surface area contributed by atoms with E-state index in [4.69, 9.17) is 5.11 Å². The van der Waals surface area contributed by atoms with Crippen molar-refractivity contribution in [3.63, 3.8) is 0 Å². The van der Waals surface area contributed by atoms with E-state index in [1.807, 2.05) is 0 Å². The Kier molecular flexibility index (Phi) is 3.43. The van der Waals surface area contributed by atoms with Gasteiger partial charge in [0.2, 0.25) is 0 Å². The zero-order valence-corrected chi connectivity index (χ0v) is 9.69. The number of halogens is 1. The Labute approximate surface area is 99.7 Å². The van der Waals surface area contributed by atoms with Crippen LogP contribution in [-0.2, 0) is 4.79 Å². The van der Waals surface area contributed by atoms with Gasteiger partial charge in [-0.3, -0.25) is 4.79 Å². The summed E-state index contributed by atoms with van der Waals surface area (Å²) in [6.45, 7) is 1.65. The molecule has 1 aromatic rings. The molecule has 1 unspecified atom stereocenters. The molecular formula is C13H16FNO2. The van der Waals surface area contributed by atoms with Crippen molar-refractivity contribution < 1.29 is 14.3 Å². The molecule has 3 nitrogen and oxygen atoms in total. The van der Waals surface area contributed by atoms with Crippen LogP contribution in [0.25, 0.3) is 0 Å². The van der Waals surface area contributed by atoms with Crippen molar-refractivity contribution in [1.82, 2.24) is 5.32 Å². The molecular weight excluding hydrogens is 221 g/mol. The van der Waals surface area contributed by atoms with Gasteiger partial charge in [0.15, 0.2) is 0 Å². The number of nitrogens with one attached hydrogen (secondary N) is 1. The van der Waals surface area contributed by atoms with Crippen LogP contribution in [0.3, 0.4) is 0 Å². The Bertz CT molecular complexity index is 398. The van der Waals surface area contributed by atoms with Gasteiger partial charge in [-0.2, -0.15) is 0 Å². The summed E-state index contributed by atoms with van der Waals surface area (Å²) in [6, 6.07) is 6.30. The second-order valence-corrected chi connectivity index (χ2v) is 4.64. The SMILES string of the molecule is CC(NC1CC(c2ccc(F)cc2)C1)C(=O)O. The molecule has 92 valence electrons. The molecule has 1 aromatic carbocycles. The standard InChI is InChI=1S/C13H16FNO2/c1-8(13(16)17)15-12-6-10(7-12)9-2-4-11(14)5-3-9/h2-5,8,10,12,15H,6-7H2,1H3,(H,16,17). The largest absolute Gasteiger partial charge is 0.480 e. The van der Waals surface area contributed by atoms with E-state index >= 15 is 0 Å². The van der Waals surface area contributed by atoms with Gasteiger partial charge < -0.3 is 10.4 Å². The van der Waals surface area contributed by atoms with Crippen molar-refractivity contribution in [2.75, 3.05) is 0 Å². The van der Waals surface area contributed by atoms with Gasteiger partial charge in [0.1, 0.15) is 11.9 Å². The minimum absolute atomic E-state index is 0.220. The predicted molar refractivity (Wildman–Crippen MR) is 62.4 cm³/mol. The van der Waals surface area contributed by atoms with Crippen LogP contribution in [-0.4, -0.2) is 23.2 Å². The molecule has 1 atom stereocenters. The van der Waals surface area contributed by atoms with E-state index in [2.05, 4.69) is 5.32 Å². The van der Waals surface area contributed by atoms with E-state index in [0.717, 1.165) is 18.4 Å². The van der Waals surface area contributed by atoms with Gasteiger partial charge in [-0.1, -0.05) is 12.1 Å². The zero-order chi connectivity index (χ0) is 12.4. The van der Waals surface area contributed by atoms with E-state index in [0.29, 0.717) is 5.92 Å². The lowest BCUT2D eigenvalue weighted by Gasteiger charge is -2.37. The lowest BCUT2D eigenvalue weighted by atomic mass is 9.75. The average molecular weight is 237 g/mol. The lowest BCUT2D eigenvalue weighted by molar-refractivity contribution is -0.139. The van der Waals surface area contributed by atoms with Gasteiger partial charge in [0, 0.05) is 6.04 Å². The Morgan fingerprint density at radius 3 is 2.53 bits per heavy atom. The molecule has 1 aliphatic carbocycles. The third kappa shape index (κ3) is 2.82. The second kappa shape index (κ2) is 4.84. The predicted octanol–water partition coefficient (Wildman–Crippen LogP) is 2.13. The summed E-state index contributed by atoms with van der Waals surface area (Å²) in [7, 11) is 0. The summed E-state index contributed by atoms with van der Waals surface area (Å²) in [5.41, 5.74) is 1.13. The summed E-state index contributed by atoms with van der Waals surface area (Å²) in [6.07, 6.45) is 1.84. The Morgan fingerprint density at radius 1 is 1.41 bits per heavy atom. The van der Waals surface area contributed by atoms with Gasteiger partial charge in [-0.15, -0.1) is 0 Å². The zero-order valence-electron chi connectivity index (χ0n) is 9.69. The second-order valence-electron chi connectivity index (χ2n) is 4.64. The molecule has 0 bridgehead atoms. The molecule has 1 saturated carbocycles. The molecule has 1 fully saturated rings. The van der Waals surface area contributed by atoms with E-state index in [1.165, 1.54) is 12.1 Å². The Balaban J connectivity index is 1.83.